The molecule has 0 spiro atoms. The van der Waals surface area contributed by atoms with Crippen molar-refractivity contribution in [3.63, 3.8) is 0 Å². The lowest BCUT2D eigenvalue weighted by molar-refractivity contribution is 0.0870. The van der Waals surface area contributed by atoms with Crippen LogP contribution in [0.2, 0.25) is 5.02 Å². The maximum Gasteiger partial charge on any atom is 0.285 e. The van der Waals surface area contributed by atoms with Crippen molar-refractivity contribution in [2.45, 2.75) is 20.0 Å². The Kier molecular flexibility index (Phi) is 4.58. The first-order valence-electron chi connectivity index (χ1n) is 4.70. The molecule has 5 nitrogen and oxygen atoms in total. The maximum absolute atomic E-state index is 11.1. The summed E-state index contributed by atoms with van der Waals surface area (Å²) in [4.78, 5) is 11.1. The zero-order valence-corrected chi connectivity index (χ0v) is 9.47. The molecule has 0 atom stereocenters. The van der Waals surface area contributed by atoms with Gasteiger partial charge in [0.25, 0.3) is 5.56 Å². The van der Waals surface area contributed by atoms with Gasteiger partial charge in [-0.3, -0.25) is 4.79 Å². The van der Waals surface area contributed by atoms with Gasteiger partial charge in [-0.1, -0.05) is 11.6 Å². The fourth-order valence-corrected chi connectivity index (χ4v) is 1.14. The average Bonchev–Trinajstić information content (AvgIpc) is 2.18. The van der Waals surface area contributed by atoms with Crippen molar-refractivity contribution < 1.29 is 4.74 Å². The fraction of sp³-hybridized carbons (Fsp3) is 0.556. The zero-order chi connectivity index (χ0) is 11.3. The first kappa shape index (κ1) is 12.0. The van der Waals surface area contributed by atoms with Gasteiger partial charge < -0.3 is 10.1 Å². The van der Waals surface area contributed by atoms with Crippen molar-refractivity contribution in [1.82, 2.24) is 10.2 Å². The van der Waals surface area contributed by atoms with Crippen LogP contribution >= 0.6 is 11.6 Å². The summed E-state index contributed by atoms with van der Waals surface area (Å²) in [7, 11) is 0. The number of hydrogen-bond donors (Lipinski definition) is 2. The molecule has 0 aliphatic carbocycles. The summed E-state index contributed by atoms with van der Waals surface area (Å²) in [6.45, 7) is 5.06. The minimum Gasteiger partial charge on any atom is -0.380 e. The lowest BCUT2D eigenvalue weighted by Gasteiger charge is -2.09. The summed E-state index contributed by atoms with van der Waals surface area (Å²) in [5, 5.41) is 8.96. The molecule has 0 bridgehead atoms. The van der Waals surface area contributed by atoms with Crippen LogP contribution in [0.4, 0.5) is 5.69 Å². The van der Waals surface area contributed by atoms with Crippen LogP contribution in [0.1, 0.15) is 13.8 Å². The van der Waals surface area contributed by atoms with E-state index in [9.17, 15) is 4.79 Å². The van der Waals surface area contributed by atoms with E-state index in [2.05, 4.69) is 15.5 Å². The summed E-state index contributed by atoms with van der Waals surface area (Å²) in [6, 6.07) is 0. The van der Waals surface area contributed by atoms with Crippen LogP contribution in [0.25, 0.3) is 0 Å². The van der Waals surface area contributed by atoms with Crippen LogP contribution in [-0.4, -0.2) is 29.5 Å². The topological polar surface area (TPSA) is 67.0 Å². The molecule has 0 amide bonds. The van der Waals surface area contributed by atoms with Crippen molar-refractivity contribution >= 4 is 17.3 Å². The Labute approximate surface area is 92.8 Å². The molecule has 1 aromatic rings. The summed E-state index contributed by atoms with van der Waals surface area (Å²) < 4.78 is 5.32. The van der Waals surface area contributed by atoms with Gasteiger partial charge in [0, 0.05) is 6.54 Å². The average molecular weight is 232 g/mol. The number of halogens is 1. The number of aromatic amines is 1. The van der Waals surface area contributed by atoms with Crippen LogP contribution in [-0.2, 0) is 4.74 Å². The normalized spacial score (nSPS) is 10.7. The van der Waals surface area contributed by atoms with Gasteiger partial charge in [-0.15, -0.1) is 0 Å². The summed E-state index contributed by atoms with van der Waals surface area (Å²) in [6.07, 6.45) is 1.67. The molecule has 0 fully saturated rings. The molecule has 1 heterocycles. The lowest BCUT2D eigenvalue weighted by atomic mass is 10.4. The van der Waals surface area contributed by atoms with E-state index in [1.165, 1.54) is 6.20 Å². The van der Waals surface area contributed by atoms with Gasteiger partial charge in [0.1, 0.15) is 5.02 Å². The van der Waals surface area contributed by atoms with Crippen molar-refractivity contribution in [2.24, 2.45) is 0 Å². The number of nitrogens with one attached hydrogen (secondary N) is 2. The molecule has 2 N–H and O–H groups in total. The van der Waals surface area contributed by atoms with Crippen molar-refractivity contribution in [3.05, 3.63) is 21.6 Å². The minimum atomic E-state index is -0.397. The van der Waals surface area contributed by atoms with E-state index in [1.807, 2.05) is 13.8 Å². The summed E-state index contributed by atoms with van der Waals surface area (Å²) in [5.74, 6) is 0. The van der Waals surface area contributed by atoms with E-state index >= 15 is 0 Å². The van der Waals surface area contributed by atoms with Gasteiger partial charge in [0.2, 0.25) is 0 Å². The van der Waals surface area contributed by atoms with Gasteiger partial charge in [0.05, 0.1) is 24.6 Å². The van der Waals surface area contributed by atoms with Crippen molar-refractivity contribution in [1.29, 1.82) is 0 Å². The smallest absolute Gasteiger partial charge is 0.285 e. The largest absolute Gasteiger partial charge is 0.380 e. The molecule has 1 rings (SSSR count). The Morgan fingerprint density at radius 1 is 1.67 bits per heavy atom. The van der Waals surface area contributed by atoms with Crippen LogP contribution in [0, 0.1) is 0 Å². The van der Waals surface area contributed by atoms with Gasteiger partial charge in [0.15, 0.2) is 0 Å². The van der Waals surface area contributed by atoms with E-state index in [4.69, 9.17) is 16.3 Å². The number of rotatable bonds is 5. The maximum atomic E-state index is 11.1. The molecule has 0 saturated heterocycles. The number of hydrogen-bond acceptors (Lipinski definition) is 4. The fourth-order valence-electron chi connectivity index (χ4n) is 0.987. The number of nitrogens with zero attached hydrogens (tertiary/aromatic N) is 1. The lowest BCUT2D eigenvalue weighted by Crippen LogP contribution is -2.16. The monoisotopic (exact) mass is 231 g/mol. The first-order valence-corrected chi connectivity index (χ1v) is 5.07. The highest BCUT2D eigenvalue weighted by Gasteiger charge is 2.03. The van der Waals surface area contributed by atoms with E-state index in [0.29, 0.717) is 18.8 Å². The second-order valence-electron chi connectivity index (χ2n) is 3.27. The third-order valence-corrected chi connectivity index (χ3v) is 2.04. The molecular weight excluding hydrogens is 218 g/mol. The third kappa shape index (κ3) is 3.89. The predicted molar refractivity (Wildman–Crippen MR) is 59.4 cm³/mol. The van der Waals surface area contributed by atoms with Crippen LogP contribution in [0.3, 0.4) is 0 Å². The molecular formula is C9H14ClN3O2. The summed E-state index contributed by atoms with van der Waals surface area (Å²) >= 11 is 5.75. The van der Waals surface area contributed by atoms with E-state index in [0.717, 1.165) is 0 Å². The second kappa shape index (κ2) is 5.72. The van der Waals surface area contributed by atoms with Gasteiger partial charge >= 0.3 is 0 Å². The number of ether oxygens (including phenoxy) is 1. The van der Waals surface area contributed by atoms with Crippen LogP contribution in [0.5, 0.6) is 0 Å². The molecule has 0 saturated carbocycles. The SMILES string of the molecule is CC(C)OCCNc1cn[nH]c(=O)c1Cl. The van der Waals surface area contributed by atoms with Crippen LogP contribution < -0.4 is 10.9 Å². The zero-order valence-electron chi connectivity index (χ0n) is 8.71. The Morgan fingerprint density at radius 3 is 3.07 bits per heavy atom. The molecule has 0 aliphatic heterocycles. The van der Waals surface area contributed by atoms with Gasteiger partial charge in [-0.25, -0.2) is 5.10 Å². The van der Waals surface area contributed by atoms with Gasteiger partial charge in [-0.2, -0.15) is 5.10 Å². The first-order chi connectivity index (χ1) is 7.11. The molecule has 84 valence electrons. The molecule has 6 heteroatoms. The molecule has 0 radical (unpaired) electrons. The molecule has 1 aromatic heterocycles. The predicted octanol–water partition coefficient (Wildman–Crippen LogP) is 1.26. The number of anilines is 1. The Bertz CT molecular complexity index is 365. The minimum absolute atomic E-state index is 0.120. The Balaban J connectivity index is 2.44. The molecule has 0 aliphatic rings. The highest BCUT2D eigenvalue weighted by atomic mass is 35.5. The third-order valence-electron chi connectivity index (χ3n) is 1.66. The van der Waals surface area contributed by atoms with Gasteiger partial charge in [-0.05, 0) is 13.8 Å². The molecule has 15 heavy (non-hydrogen) atoms. The summed E-state index contributed by atoms with van der Waals surface area (Å²) in [5.41, 5.74) is 0.124. The molecule has 0 unspecified atom stereocenters. The van der Waals surface area contributed by atoms with Crippen molar-refractivity contribution in [3.8, 4) is 0 Å². The van der Waals surface area contributed by atoms with E-state index < -0.39 is 5.56 Å². The highest BCUT2D eigenvalue weighted by molar-refractivity contribution is 6.32. The second-order valence-corrected chi connectivity index (χ2v) is 3.65. The Hall–Kier alpha value is -1.07. The van der Waals surface area contributed by atoms with Crippen LogP contribution in [0.15, 0.2) is 11.0 Å². The standard InChI is InChI=1S/C9H14ClN3O2/c1-6(2)15-4-3-11-7-5-12-13-9(14)8(7)10/h5-6H,3-4H2,1-2H3,(H2,11,13,14). The number of H-pyrrole nitrogens is 1. The van der Waals surface area contributed by atoms with E-state index in [1.54, 1.807) is 0 Å². The Morgan fingerprint density at radius 2 is 2.40 bits per heavy atom. The molecule has 0 aromatic carbocycles. The highest BCUT2D eigenvalue weighted by Crippen LogP contribution is 2.13. The van der Waals surface area contributed by atoms with E-state index in [-0.39, 0.29) is 11.1 Å². The number of aromatic nitrogens is 2. The van der Waals surface area contributed by atoms with Crippen molar-refractivity contribution in [2.75, 3.05) is 18.5 Å². The quantitative estimate of drug-likeness (QED) is 0.749.